The van der Waals surface area contributed by atoms with E-state index in [1.165, 1.54) is 0 Å². The first-order valence-corrected chi connectivity index (χ1v) is 6.00. The van der Waals surface area contributed by atoms with Crippen molar-refractivity contribution < 1.29 is 0 Å². The minimum atomic E-state index is -0.0504. The highest BCUT2D eigenvalue weighted by atomic mass is 15.2. The molecule has 0 amide bonds. The summed E-state index contributed by atoms with van der Waals surface area (Å²) in [6.45, 7) is 7.90. The van der Waals surface area contributed by atoms with Crippen molar-refractivity contribution in [3.8, 4) is 0 Å². The number of nitrogens with two attached hydrogens (primary N) is 1. The number of hydrogen-bond acceptors (Lipinski definition) is 5. The van der Waals surface area contributed by atoms with E-state index in [1.54, 1.807) is 6.33 Å². The van der Waals surface area contributed by atoms with Gasteiger partial charge in [0, 0.05) is 25.2 Å². The third-order valence-corrected chi connectivity index (χ3v) is 2.75. The maximum atomic E-state index is 5.59. The summed E-state index contributed by atoms with van der Waals surface area (Å²) in [5, 5.41) is 3.38. The fraction of sp³-hybridized carbons (Fsp3) is 0.667. The fourth-order valence-corrected chi connectivity index (χ4v) is 1.56. The number of nitrogens with zero attached hydrogens (tertiary/aromatic N) is 3. The minimum absolute atomic E-state index is 0.0504. The first-order chi connectivity index (χ1) is 7.98. The molecule has 0 saturated carbocycles. The monoisotopic (exact) mass is 237 g/mol. The molecule has 0 spiro atoms. The highest BCUT2D eigenvalue weighted by molar-refractivity contribution is 5.48. The van der Waals surface area contributed by atoms with Gasteiger partial charge in [-0.15, -0.1) is 0 Å². The molecule has 0 aromatic carbocycles. The molecule has 5 heteroatoms. The number of anilines is 2. The second-order valence-electron chi connectivity index (χ2n) is 4.82. The topological polar surface area (TPSA) is 67.1 Å². The van der Waals surface area contributed by atoms with Crippen LogP contribution in [-0.2, 0) is 0 Å². The lowest BCUT2D eigenvalue weighted by Gasteiger charge is -2.26. The van der Waals surface area contributed by atoms with Gasteiger partial charge in [-0.25, -0.2) is 9.97 Å². The Morgan fingerprint density at radius 3 is 2.71 bits per heavy atom. The van der Waals surface area contributed by atoms with Gasteiger partial charge in [-0.3, -0.25) is 0 Å². The second-order valence-corrected chi connectivity index (χ2v) is 4.82. The average Bonchev–Trinajstić information content (AvgIpc) is 2.27. The summed E-state index contributed by atoms with van der Waals surface area (Å²) in [5.74, 6) is 1.77. The van der Waals surface area contributed by atoms with E-state index in [1.807, 2.05) is 13.1 Å². The molecule has 1 aromatic rings. The molecule has 96 valence electrons. The van der Waals surface area contributed by atoms with E-state index in [9.17, 15) is 0 Å². The Balaban J connectivity index is 2.78. The summed E-state index contributed by atoms with van der Waals surface area (Å²) in [6.07, 6.45) is 2.48. The molecule has 0 aliphatic heterocycles. The highest BCUT2D eigenvalue weighted by Crippen LogP contribution is 2.18. The zero-order valence-electron chi connectivity index (χ0n) is 11.2. The zero-order chi connectivity index (χ0) is 12.9. The molecule has 5 nitrogen and oxygen atoms in total. The van der Waals surface area contributed by atoms with Gasteiger partial charge >= 0.3 is 0 Å². The Hall–Kier alpha value is -1.36. The van der Waals surface area contributed by atoms with E-state index in [-0.39, 0.29) is 5.54 Å². The number of nitrogens with one attached hydrogen (secondary N) is 1. The normalized spacial score (nSPS) is 11.4. The van der Waals surface area contributed by atoms with Crippen molar-refractivity contribution in [3.05, 3.63) is 12.4 Å². The van der Waals surface area contributed by atoms with Crippen LogP contribution in [0.25, 0.3) is 0 Å². The van der Waals surface area contributed by atoms with Gasteiger partial charge in [-0.05, 0) is 33.7 Å². The SMILES string of the molecule is CCN(C)c1cc(NC(C)(C)CCN)ncn1. The molecule has 0 fully saturated rings. The molecule has 0 aliphatic rings. The smallest absolute Gasteiger partial charge is 0.133 e. The van der Waals surface area contributed by atoms with Gasteiger partial charge in [0.1, 0.15) is 18.0 Å². The molecular weight excluding hydrogens is 214 g/mol. The predicted molar refractivity (Wildman–Crippen MR) is 72.3 cm³/mol. The van der Waals surface area contributed by atoms with Gasteiger partial charge in [0.15, 0.2) is 0 Å². The van der Waals surface area contributed by atoms with Crippen LogP contribution in [-0.4, -0.2) is 35.6 Å². The van der Waals surface area contributed by atoms with Gasteiger partial charge in [0.2, 0.25) is 0 Å². The van der Waals surface area contributed by atoms with Crippen LogP contribution in [0.3, 0.4) is 0 Å². The van der Waals surface area contributed by atoms with Crippen molar-refractivity contribution in [1.82, 2.24) is 9.97 Å². The number of rotatable bonds is 6. The molecule has 3 N–H and O–H groups in total. The van der Waals surface area contributed by atoms with E-state index in [0.29, 0.717) is 6.54 Å². The van der Waals surface area contributed by atoms with E-state index in [4.69, 9.17) is 5.73 Å². The number of aromatic nitrogens is 2. The second kappa shape index (κ2) is 5.82. The molecular formula is C12H23N5. The summed E-state index contributed by atoms with van der Waals surface area (Å²) in [5.41, 5.74) is 5.54. The van der Waals surface area contributed by atoms with Crippen LogP contribution in [0.2, 0.25) is 0 Å². The lowest BCUT2D eigenvalue weighted by atomic mass is 10.0. The third-order valence-electron chi connectivity index (χ3n) is 2.75. The lowest BCUT2D eigenvalue weighted by molar-refractivity contribution is 0.524. The summed E-state index contributed by atoms with van der Waals surface area (Å²) in [6, 6.07) is 1.96. The summed E-state index contributed by atoms with van der Waals surface area (Å²) < 4.78 is 0. The van der Waals surface area contributed by atoms with Gasteiger partial charge in [0.25, 0.3) is 0 Å². The Kier molecular flexibility index (Phi) is 4.69. The van der Waals surface area contributed by atoms with E-state index in [0.717, 1.165) is 24.6 Å². The molecule has 0 saturated heterocycles. The zero-order valence-corrected chi connectivity index (χ0v) is 11.2. The largest absolute Gasteiger partial charge is 0.365 e. The quantitative estimate of drug-likeness (QED) is 0.784. The van der Waals surface area contributed by atoms with Crippen LogP contribution in [0, 0.1) is 0 Å². The van der Waals surface area contributed by atoms with Crippen LogP contribution in [0.5, 0.6) is 0 Å². The summed E-state index contributed by atoms with van der Waals surface area (Å²) >= 11 is 0. The van der Waals surface area contributed by atoms with Crippen LogP contribution in [0.1, 0.15) is 27.2 Å². The van der Waals surface area contributed by atoms with Crippen molar-refractivity contribution in [2.24, 2.45) is 5.73 Å². The first-order valence-electron chi connectivity index (χ1n) is 6.00. The van der Waals surface area contributed by atoms with E-state index < -0.39 is 0 Å². The average molecular weight is 237 g/mol. The Labute approximate surface area is 103 Å². The standard InChI is InChI=1S/C12H23N5/c1-5-17(4)11-8-10(14-9-15-11)16-12(2,3)6-7-13/h8-9H,5-7,13H2,1-4H3,(H,14,15,16). The van der Waals surface area contributed by atoms with Crippen LogP contribution >= 0.6 is 0 Å². The number of hydrogen-bond donors (Lipinski definition) is 2. The maximum Gasteiger partial charge on any atom is 0.133 e. The van der Waals surface area contributed by atoms with E-state index in [2.05, 4.69) is 41.0 Å². The summed E-state index contributed by atoms with van der Waals surface area (Å²) in [4.78, 5) is 10.5. The maximum absolute atomic E-state index is 5.59. The molecule has 1 aromatic heterocycles. The highest BCUT2D eigenvalue weighted by Gasteiger charge is 2.17. The van der Waals surface area contributed by atoms with Crippen LogP contribution in [0.4, 0.5) is 11.6 Å². The molecule has 0 aliphatic carbocycles. The Bertz CT molecular complexity index is 351. The molecule has 17 heavy (non-hydrogen) atoms. The molecule has 1 rings (SSSR count). The summed E-state index contributed by atoms with van der Waals surface area (Å²) in [7, 11) is 2.01. The van der Waals surface area contributed by atoms with Crippen molar-refractivity contribution in [2.45, 2.75) is 32.7 Å². The Morgan fingerprint density at radius 2 is 2.12 bits per heavy atom. The van der Waals surface area contributed by atoms with Crippen molar-refractivity contribution in [3.63, 3.8) is 0 Å². The lowest BCUT2D eigenvalue weighted by Crippen LogP contribution is -2.34. The third kappa shape index (κ3) is 4.19. The molecule has 0 atom stereocenters. The van der Waals surface area contributed by atoms with Gasteiger partial charge in [-0.2, -0.15) is 0 Å². The fourth-order valence-electron chi connectivity index (χ4n) is 1.56. The molecule has 1 heterocycles. The van der Waals surface area contributed by atoms with Gasteiger partial charge < -0.3 is 16.0 Å². The van der Waals surface area contributed by atoms with Crippen LogP contribution in [0.15, 0.2) is 12.4 Å². The van der Waals surface area contributed by atoms with Gasteiger partial charge in [-0.1, -0.05) is 0 Å². The minimum Gasteiger partial charge on any atom is -0.365 e. The predicted octanol–water partition coefficient (Wildman–Crippen LogP) is 1.47. The Morgan fingerprint density at radius 1 is 1.41 bits per heavy atom. The molecule has 0 unspecified atom stereocenters. The van der Waals surface area contributed by atoms with Crippen molar-refractivity contribution >= 4 is 11.6 Å². The van der Waals surface area contributed by atoms with E-state index >= 15 is 0 Å². The van der Waals surface area contributed by atoms with Gasteiger partial charge in [0.05, 0.1) is 0 Å². The van der Waals surface area contributed by atoms with Crippen LogP contribution < -0.4 is 16.0 Å². The van der Waals surface area contributed by atoms with Crippen molar-refractivity contribution in [2.75, 3.05) is 30.4 Å². The first kappa shape index (κ1) is 13.7. The molecule has 0 radical (unpaired) electrons. The van der Waals surface area contributed by atoms with Crippen molar-refractivity contribution in [1.29, 1.82) is 0 Å². The molecule has 0 bridgehead atoms.